The van der Waals surface area contributed by atoms with Gasteiger partial charge in [-0.3, -0.25) is 30.4 Å². The molecule has 1 fully saturated rings. The van der Waals surface area contributed by atoms with Gasteiger partial charge in [0.25, 0.3) is 5.91 Å². The SMILES string of the molecule is COc1cccc2cc(C(=O)NNC(=O)C(C3CCCCC3)N(O)C=O)oc12. The maximum absolute atomic E-state index is 12.5. The first-order chi connectivity index (χ1) is 13.5. The molecule has 1 heterocycles. The summed E-state index contributed by atoms with van der Waals surface area (Å²) in [6.07, 6.45) is 4.55. The summed E-state index contributed by atoms with van der Waals surface area (Å²) in [4.78, 5) is 35.9. The lowest BCUT2D eigenvalue weighted by molar-refractivity contribution is -0.173. The molecule has 1 aromatic heterocycles. The fraction of sp³-hybridized carbons (Fsp3) is 0.421. The number of para-hydroxylation sites is 1. The van der Waals surface area contributed by atoms with Gasteiger partial charge in [-0.15, -0.1) is 0 Å². The summed E-state index contributed by atoms with van der Waals surface area (Å²) in [5.74, 6) is -1.02. The zero-order valence-electron chi connectivity index (χ0n) is 15.5. The number of carbonyl (C=O) groups excluding carboxylic acids is 3. The van der Waals surface area contributed by atoms with Crippen LogP contribution < -0.4 is 15.6 Å². The lowest BCUT2D eigenvalue weighted by Crippen LogP contribution is -2.54. The molecule has 0 aliphatic heterocycles. The molecule has 0 spiro atoms. The Morgan fingerprint density at radius 1 is 1.29 bits per heavy atom. The monoisotopic (exact) mass is 389 g/mol. The molecule has 1 atom stereocenters. The largest absolute Gasteiger partial charge is 0.493 e. The molecule has 0 saturated heterocycles. The number of carbonyl (C=O) groups is 3. The summed E-state index contributed by atoms with van der Waals surface area (Å²) in [6, 6.07) is 5.71. The van der Waals surface area contributed by atoms with Crippen molar-refractivity contribution in [3.05, 3.63) is 30.0 Å². The van der Waals surface area contributed by atoms with Gasteiger partial charge in [0.15, 0.2) is 17.1 Å². The molecule has 28 heavy (non-hydrogen) atoms. The average Bonchev–Trinajstić information content (AvgIpc) is 3.17. The molecule has 1 unspecified atom stereocenters. The van der Waals surface area contributed by atoms with Crippen LogP contribution in [-0.2, 0) is 9.59 Å². The molecule has 9 heteroatoms. The van der Waals surface area contributed by atoms with Crippen LogP contribution in [0.4, 0.5) is 0 Å². The highest BCUT2D eigenvalue weighted by molar-refractivity contribution is 5.98. The summed E-state index contributed by atoms with van der Waals surface area (Å²) in [5, 5.41) is 10.9. The second-order valence-electron chi connectivity index (χ2n) is 6.76. The Kier molecular flexibility index (Phi) is 6.15. The molecular formula is C19H23N3O6. The van der Waals surface area contributed by atoms with Crippen molar-refractivity contribution in [3.8, 4) is 5.75 Å². The molecule has 9 nitrogen and oxygen atoms in total. The molecule has 0 radical (unpaired) electrons. The minimum absolute atomic E-state index is 0.00902. The number of furan rings is 1. The van der Waals surface area contributed by atoms with Gasteiger partial charge in [-0.25, -0.2) is 5.06 Å². The number of methoxy groups -OCH3 is 1. The first-order valence-electron chi connectivity index (χ1n) is 9.14. The van der Waals surface area contributed by atoms with E-state index >= 15 is 0 Å². The zero-order chi connectivity index (χ0) is 20.1. The van der Waals surface area contributed by atoms with Gasteiger partial charge in [0.1, 0.15) is 6.04 Å². The van der Waals surface area contributed by atoms with Crippen LogP contribution in [0.5, 0.6) is 5.75 Å². The highest BCUT2D eigenvalue weighted by atomic mass is 16.5. The average molecular weight is 389 g/mol. The van der Waals surface area contributed by atoms with Crippen LogP contribution in [0, 0.1) is 5.92 Å². The van der Waals surface area contributed by atoms with Gasteiger partial charge in [0.2, 0.25) is 6.41 Å². The Labute approximate surface area is 161 Å². The fourth-order valence-corrected chi connectivity index (χ4v) is 3.63. The third-order valence-corrected chi connectivity index (χ3v) is 5.01. The summed E-state index contributed by atoms with van der Waals surface area (Å²) in [7, 11) is 1.50. The van der Waals surface area contributed by atoms with Crippen LogP contribution in [0.1, 0.15) is 42.7 Å². The van der Waals surface area contributed by atoms with Crippen LogP contribution in [-0.4, -0.2) is 41.6 Å². The second-order valence-corrected chi connectivity index (χ2v) is 6.76. The van der Waals surface area contributed by atoms with E-state index in [0.717, 1.165) is 32.1 Å². The molecule has 1 saturated carbocycles. The standard InChI is InChI=1S/C19H23N3O6/c1-27-14-9-5-8-13-10-15(28-17(13)14)18(24)20-21-19(25)16(22(26)11-23)12-6-3-2-4-7-12/h5,8-12,16,26H,2-4,6-7H2,1H3,(H,20,24)(H,21,25). The van der Waals surface area contributed by atoms with Crippen molar-refractivity contribution < 1.29 is 28.7 Å². The smallest absolute Gasteiger partial charge is 0.305 e. The lowest BCUT2D eigenvalue weighted by Gasteiger charge is -2.31. The summed E-state index contributed by atoms with van der Waals surface area (Å²) in [6.45, 7) is 0. The molecule has 3 rings (SSSR count). The van der Waals surface area contributed by atoms with Crippen molar-refractivity contribution in [2.75, 3.05) is 7.11 Å². The lowest BCUT2D eigenvalue weighted by atomic mass is 9.83. The predicted octanol–water partition coefficient (Wildman–Crippen LogP) is 2.00. The van der Waals surface area contributed by atoms with E-state index in [2.05, 4.69) is 10.9 Å². The number of rotatable bonds is 6. The summed E-state index contributed by atoms with van der Waals surface area (Å²) < 4.78 is 10.7. The molecule has 1 aliphatic rings. The van der Waals surface area contributed by atoms with Crippen molar-refractivity contribution in [1.29, 1.82) is 0 Å². The van der Waals surface area contributed by atoms with E-state index in [9.17, 15) is 19.6 Å². The fourth-order valence-electron chi connectivity index (χ4n) is 3.63. The van der Waals surface area contributed by atoms with Gasteiger partial charge < -0.3 is 9.15 Å². The van der Waals surface area contributed by atoms with Crippen molar-refractivity contribution in [3.63, 3.8) is 0 Å². The highest BCUT2D eigenvalue weighted by Crippen LogP contribution is 2.29. The minimum atomic E-state index is -1.06. The third kappa shape index (κ3) is 4.09. The Balaban J connectivity index is 1.68. The normalized spacial score (nSPS) is 15.6. The summed E-state index contributed by atoms with van der Waals surface area (Å²) >= 11 is 0. The number of amides is 3. The van der Waals surface area contributed by atoms with E-state index < -0.39 is 17.9 Å². The van der Waals surface area contributed by atoms with Crippen LogP contribution in [0.15, 0.2) is 28.7 Å². The molecule has 1 aliphatic carbocycles. The second kappa shape index (κ2) is 8.75. The van der Waals surface area contributed by atoms with Crippen molar-refractivity contribution in [1.82, 2.24) is 15.9 Å². The minimum Gasteiger partial charge on any atom is -0.493 e. The predicted molar refractivity (Wildman–Crippen MR) is 98.4 cm³/mol. The maximum atomic E-state index is 12.5. The number of hydrazine groups is 1. The Morgan fingerprint density at radius 2 is 2.04 bits per heavy atom. The van der Waals surface area contributed by atoms with E-state index in [4.69, 9.17) is 9.15 Å². The molecule has 2 aromatic rings. The zero-order valence-corrected chi connectivity index (χ0v) is 15.5. The van der Waals surface area contributed by atoms with Gasteiger partial charge >= 0.3 is 5.91 Å². The number of hydroxylamine groups is 2. The third-order valence-electron chi connectivity index (χ3n) is 5.01. The number of hydrogen-bond donors (Lipinski definition) is 3. The Hall–Kier alpha value is -3.07. The van der Waals surface area contributed by atoms with E-state index in [-0.39, 0.29) is 18.1 Å². The van der Waals surface area contributed by atoms with Crippen molar-refractivity contribution >= 4 is 29.2 Å². The highest BCUT2D eigenvalue weighted by Gasteiger charge is 2.34. The van der Waals surface area contributed by atoms with Crippen molar-refractivity contribution in [2.45, 2.75) is 38.1 Å². The molecule has 150 valence electrons. The van der Waals surface area contributed by atoms with Gasteiger partial charge in [0.05, 0.1) is 7.11 Å². The first-order valence-corrected chi connectivity index (χ1v) is 9.14. The molecular weight excluding hydrogens is 366 g/mol. The number of fused-ring (bicyclic) bond motifs is 1. The maximum Gasteiger partial charge on any atom is 0.305 e. The number of ether oxygens (including phenoxy) is 1. The van der Waals surface area contributed by atoms with E-state index in [1.54, 1.807) is 18.2 Å². The van der Waals surface area contributed by atoms with Crippen molar-refractivity contribution in [2.24, 2.45) is 5.92 Å². The van der Waals surface area contributed by atoms with Crippen LogP contribution in [0.25, 0.3) is 11.0 Å². The quantitative estimate of drug-likeness (QED) is 0.395. The molecule has 1 aromatic carbocycles. The van der Waals surface area contributed by atoms with Crippen LogP contribution >= 0.6 is 0 Å². The van der Waals surface area contributed by atoms with Gasteiger partial charge in [-0.1, -0.05) is 31.4 Å². The van der Waals surface area contributed by atoms with Gasteiger partial charge in [0, 0.05) is 5.39 Å². The van der Waals surface area contributed by atoms with Crippen LogP contribution in [0.2, 0.25) is 0 Å². The number of hydrogen-bond acceptors (Lipinski definition) is 6. The topological polar surface area (TPSA) is 121 Å². The Morgan fingerprint density at radius 3 is 2.71 bits per heavy atom. The molecule has 0 bridgehead atoms. The van der Waals surface area contributed by atoms with E-state index in [0.29, 0.717) is 21.8 Å². The number of nitrogens with one attached hydrogen (secondary N) is 2. The summed E-state index contributed by atoms with van der Waals surface area (Å²) in [5.41, 5.74) is 4.97. The van der Waals surface area contributed by atoms with Crippen LogP contribution in [0.3, 0.4) is 0 Å². The number of nitrogens with zero attached hydrogens (tertiary/aromatic N) is 1. The van der Waals surface area contributed by atoms with Gasteiger partial charge in [-0.2, -0.15) is 0 Å². The first kappa shape index (κ1) is 19.7. The van der Waals surface area contributed by atoms with E-state index in [1.165, 1.54) is 13.2 Å². The molecule has 3 amide bonds. The van der Waals surface area contributed by atoms with E-state index in [1.807, 2.05) is 0 Å². The van der Waals surface area contributed by atoms with Gasteiger partial charge in [-0.05, 0) is 30.9 Å². The number of benzene rings is 1. The molecule has 3 N–H and O–H groups in total. The Bertz CT molecular complexity index is 858.